The van der Waals surface area contributed by atoms with Crippen molar-refractivity contribution in [3.8, 4) is 11.5 Å². The Morgan fingerprint density at radius 2 is 2.00 bits per heavy atom. The maximum absolute atomic E-state index is 13.1. The average molecular weight is 597 g/mol. The second-order valence-electron chi connectivity index (χ2n) is 9.45. The number of allylic oxidation sites excluding steroid dienone is 2. The number of benzene rings is 1. The van der Waals surface area contributed by atoms with Crippen LogP contribution in [-0.2, 0) is 9.59 Å². The number of aromatic hydroxyl groups is 1. The SMILES string of the molecule is CCCN1C(=O)[C@@H]2[C@@H](CC(C)=C([C@H](O)CC/C(=C/c3cc(I)c(O)c(OC)c3)CC)[C@@H]2CO)C1=O. The number of hydrogen-bond donors (Lipinski definition) is 3. The predicted octanol–water partition coefficient (Wildman–Crippen LogP) is 4.28. The number of halogens is 1. The van der Waals surface area contributed by atoms with E-state index < -0.39 is 23.9 Å². The topological polar surface area (TPSA) is 107 Å². The Morgan fingerprint density at radius 1 is 1.29 bits per heavy atom. The summed E-state index contributed by atoms with van der Waals surface area (Å²) in [6.45, 7) is 6.01. The Morgan fingerprint density at radius 3 is 2.60 bits per heavy atom. The summed E-state index contributed by atoms with van der Waals surface area (Å²) >= 11 is 2.07. The second kappa shape index (κ2) is 11.9. The lowest BCUT2D eigenvalue weighted by Crippen LogP contribution is -2.38. The predicted molar refractivity (Wildman–Crippen MR) is 143 cm³/mol. The molecule has 1 fully saturated rings. The van der Waals surface area contributed by atoms with Crippen molar-refractivity contribution in [3.63, 3.8) is 0 Å². The van der Waals surface area contributed by atoms with Gasteiger partial charge < -0.3 is 20.1 Å². The van der Waals surface area contributed by atoms with E-state index in [-0.39, 0.29) is 24.2 Å². The molecule has 0 unspecified atom stereocenters. The molecule has 192 valence electrons. The zero-order chi connectivity index (χ0) is 25.9. The Hall–Kier alpha value is -1.91. The van der Waals surface area contributed by atoms with Gasteiger partial charge in [-0.3, -0.25) is 14.5 Å². The van der Waals surface area contributed by atoms with Gasteiger partial charge in [0.15, 0.2) is 11.5 Å². The summed E-state index contributed by atoms with van der Waals surface area (Å²) in [6, 6.07) is 3.66. The van der Waals surface area contributed by atoms with Crippen LogP contribution in [-0.4, -0.2) is 58.4 Å². The molecular weight excluding hydrogens is 561 g/mol. The summed E-state index contributed by atoms with van der Waals surface area (Å²) in [6.07, 6.45) is 4.25. The van der Waals surface area contributed by atoms with E-state index in [0.717, 1.165) is 23.1 Å². The van der Waals surface area contributed by atoms with Gasteiger partial charge in [-0.1, -0.05) is 31.1 Å². The number of ether oxygens (including phenoxy) is 1. The number of fused-ring (bicyclic) bond motifs is 1. The number of phenols is 1. The summed E-state index contributed by atoms with van der Waals surface area (Å²) in [7, 11) is 1.52. The van der Waals surface area contributed by atoms with Crippen molar-refractivity contribution in [2.45, 2.75) is 59.0 Å². The Labute approximate surface area is 221 Å². The number of carbonyl (C=O) groups excluding carboxylic acids is 2. The molecule has 7 nitrogen and oxygen atoms in total. The summed E-state index contributed by atoms with van der Waals surface area (Å²) in [5.74, 6) is -1.43. The third-order valence-corrected chi connectivity index (χ3v) is 8.08. The van der Waals surface area contributed by atoms with Crippen molar-refractivity contribution in [1.82, 2.24) is 4.90 Å². The number of aliphatic hydroxyl groups is 2. The number of carbonyl (C=O) groups is 2. The van der Waals surface area contributed by atoms with Crippen molar-refractivity contribution in [3.05, 3.63) is 38.0 Å². The smallest absolute Gasteiger partial charge is 0.233 e. The van der Waals surface area contributed by atoms with Crippen molar-refractivity contribution in [1.29, 1.82) is 0 Å². The molecule has 4 atom stereocenters. The van der Waals surface area contributed by atoms with E-state index in [2.05, 4.69) is 29.5 Å². The minimum Gasteiger partial charge on any atom is -0.504 e. The molecule has 0 bridgehead atoms. The fourth-order valence-corrected chi connectivity index (χ4v) is 6.15. The van der Waals surface area contributed by atoms with Gasteiger partial charge in [-0.25, -0.2) is 0 Å². The van der Waals surface area contributed by atoms with E-state index in [1.807, 2.05) is 26.0 Å². The maximum Gasteiger partial charge on any atom is 0.233 e. The van der Waals surface area contributed by atoms with Crippen LogP contribution in [0.15, 0.2) is 28.9 Å². The fourth-order valence-electron chi connectivity index (χ4n) is 5.52. The molecule has 3 N–H and O–H groups in total. The van der Waals surface area contributed by atoms with Crippen LogP contribution in [0.1, 0.15) is 58.4 Å². The normalized spacial score (nSPS) is 23.7. The number of methoxy groups -OCH3 is 1. The number of imide groups is 1. The number of phenolic OH excluding ortho intramolecular Hbond substituents is 1. The van der Waals surface area contributed by atoms with Gasteiger partial charge in [0.05, 0.1) is 35.2 Å². The van der Waals surface area contributed by atoms with Crippen molar-refractivity contribution in [2.75, 3.05) is 20.3 Å². The van der Waals surface area contributed by atoms with E-state index in [9.17, 15) is 24.9 Å². The van der Waals surface area contributed by atoms with Crippen LogP contribution in [0.25, 0.3) is 6.08 Å². The standard InChI is InChI=1S/C27H36INO6/c1-5-9-29-26(33)18-10-15(3)23(19(14-30)24(18)27(29)34)21(31)8-7-16(6-2)11-17-12-20(28)25(32)22(13-17)35-4/h11-13,18-19,21,24,30-32H,5-10,14H2,1-4H3/b16-11+/t18-,19+,21-,24-/m1/s1. The molecule has 35 heavy (non-hydrogen) atoms. The number of aliphatic hydroxyl groups excluding tert-OH is 2. The average Bonchev–Trinajstić information content (AvgIpc) is 3.07. The quantitative estimate of drug-likeness (QED) is 0.211. The van der Waals surface area contributed by atoms with Gasteiger partial charge in [-0.15, -0.1) is 0 Å². The summed E-state index contributed by atoms with van der Waals surface area (Å²) in [5, 5.41) is 31.5. The first-order chi connectivity index (χ1) is 16.7. The van der Waals surface area contributed by atoms with Crippen LogP contribution in [0.2, 0.25) is 0 Å². The molecule has 2 amide bonds. The molecule has 0 aromatic heterocycles. The molecule has 1 saturated heterocycles. The number of rotatable bonds is 10. The highest BCUT2D eigenvalue weighted by Crippen LogP contribution is 2.46. The number of hydrogen-bond acceptors (Lipinski definition) is 6. The highest BCUT2D eigenvalue weighted by Gasteiger charge is 2.54. The maximum atomic E-state index is 13.1. The lowest BCUT2D eigenvalue weighted by atomic mass is 9.68. The molecule has 1 heterocycles. The highest BCUT2D eigenvalue weighted by molar-refractivity contribution is 14.1. The van der Waals surface area contributed by atoms with E-state index in [4.69, 9.17) is 4.74 Å². The van der Waals surface area contributed by atoms with Gasteiger partial charge in [0, 0.05) is 12.5 Å². The molecule has 0 spiro atoms. The van der Waals surface area contributed by atoms with E-state index in [1.54, 1.807) is 6.07 Å². The third-order valence-electron chi connectivity index (χ3n) is 7.26. The molecule has 2 aliphatic rings. The van der Waals surface area contributed by atoms with Crippen LogP contribution < -0.4 is 4.74 Å². The van der Waals surface area contributed by atoms with Crippen LogP contribution in [0.3, 0.4) is 0 Å². The molecule has 8 heteroatoms. The molecule has 0 saturated carbocycles. The van der Waals surface area contributed by atoms with Crippen LogP contribution in [0, 0.1) is 21.3 Å². The number of likely N-dealkylation sites (tertiary alicyclic amines) is 1. The monoisotopic (exact) mass is 597 g/mol. The van der Waals surface area contributed by atoms with Crippen molar-refractivity contribution >= 4 is 40.5 Å². The Balaban J connectivity index is 1.79. The Kier molecular flexibility index (Phi) is 9.40. The lowest BCUT2D eigenvalue weighted by Gasteiger charge is -2.35. The summed E-state index contributed by atoms with van der Waals surface area (Å²) in [5.41, 5.74) is 3.65. The zero-order valence-corrected chi connectivity index (χ0v) is 23.0. The number of nitrogens with zero attached hydrogens (tertiary/aromatic N) is 1. The third kappa shape index (κ3) is 5.59. The van der Waals surface area contributed by atoms with Crippen LogP contribution >= 0.6 is 22.6 Å². The lowest BCUT2D eigenvalue weighted by molar-refractivity contribution is -0.140. The van der Waals surface area contributed by atoms with Gasteiger partial charge in [0.1, 0.15) is 0 Å². The molecule has 1 aliphatic carbocycles. The van der Waals surface area contributed by atoms with Gasteiger partial charge >= 0.3 is 0 Å². The molecule has 1 aromatic rings. The first-order valence-corrected chi connectivity index (χ1v) is 13.4. The van der Waals surface area contributed by atoms with Gasteiger partial charge in [-0.05, 0) is 84.9 Å². The first kappa shape index (κ1) is 27.7. The molecule has 1 aliphatic heterocycles. The molecule has 0 radical (unpaired) electrons. The largest absolute Gasteiger partial charge is 0.504 e. The Bertz CT molecular complexity index is 1030. The molecule has 3 rings (SSSR count). The van der Waals surface area contributed by atoms with E-state index in [1.165, 1.54) is 12.0 Å². The fraction of sp³-hybridized carbons (Fsp3) is 0.556. The minimum atomic E-state index is -0.805. The summed E-state index contributed by atoms with van der Waals surface area (Å²) < 4.78 is 5.95. The van der Waals surface area contributed by atoms with E-state index >= 15 is 0 Å². The minimum absolute atomic E-state index is 0.115. The van der Waals surface area contributed by atoms with Crippen LogP contribution in [0.4, 0.5) is 0 Å². The van der Waals surface area contributed by atoms with Crippen molar-refractivity contribution in [2.24, 2.45) is 17.8 Å². The first-order valence-electron chi connectivity index (χ1n) is 12.3. The van der Waals surface area contributed by atoms with Gasteiger partial charge in [-0.2, -0.15) is 0 Å². The van der Waals surface area contributed by atoms with Crippen molar-refractivity contribution < 1.29 is 29.6 Å². The molecular formula is C27H36INO6. The van der Waals surface area contributed by atoms with E-state index in [0.29, 0.717) is 47.1 Å². The summed E-state index contributed by atoms with van der Waals surface area (Å²) in [4.78, 5) is 27.2. The van der Waals surface area contributed by atoms with Crippen LogP contribution in [0.5, 0.6) is 11.5 Å². The van der Waals surface area contributed by atoms with Gasteiger partial charge in [0.25, 0.3) is 0 Å². The second-order valence-corrected chi connectivity index (χ2v) is 10.6. The zero-order valence-electron chi connectivity index (χ0n) is 20.9. The number of amides is 2. The van der Waals surface area contributed by atoms with Gasteiger partial charge in [0.2, 0.25) is 11.8 Å². The molecule has 1 aromatic carbocycles. The highest BCUT2D eigenvalue weighted by atomic mass is 127.